The van der Waals surface area contributed by atoms with Crippen molar-refractivity contribution < 1.29 is 4.74 Å². The Balaban J connectivity index is 1.77. The average Bonchev–Trinajstić information content (AvgIpc) is 2.49. The first-order valence-electron chi connectivity index (χ1n) is 7.84. The summed E-state index contributed by atoms with van der Waals surface area (Å²) in [4.78, 5) is 4.67. The highest BCUT2D eigenvalue weighted by atomic mass is 32.2. The molecule has 1 aromatic rings. The van der Waals surface area contributed by atoms with E-state index in [0.717, 1.165) is 30.8 Å². The minimum atomic E-state index is 0.0904. The molecule has 2 unspecified atom stereocenters. The van der Waals surface area contributed by atoms with Gasteiger partial charge in [-0.2, -0.15) is 11.8 Å². The fraction of sp³-hybridized carbons (Fsp3) is 0.688. The molecular formula is C16H25N3OS. The molecule has 0 saturated carbocycles. The van der Waals surface area contributed by atoms with E-state index >= 15 is 0 Å². The number of thioether (sulfide) groups is 1. The van der Waals surface area contributed by atoms with E-state index in [2.05, 4.69) is 22.5 Å². The fourth-order valence-electron chi connectivity index (χ4n) is 3.64. The van der Waals surface area contributed by atoms with Crippen molar-refractivity contribution in [2.45, 2.75) is 44.2 Å². The number of nitrogens with two attached hydrogens (primary N) is 1. The molecule has 2 aliphatic rings. The highest BCUT2D eigenvalue weighted by Crippen LogP contribution is 2.43. The minimum absolute atomic E-state index is 0.0904. The summed E-state index contributed by atoms with van der Waals surface area (Å²) < 4.78 is 6.19. The maximum Gasteiger partial charge on any atom is 0.0701 e. The second-order valence-corrected chi connectivity index (χ2v) is 7.47. The number of hydrogen-bond acceptors (Lipinski definition) is 5. The van der Waals surface area contributed by atoms with Gasteiger partial charge >= 0.3 is 0 Å². The SMILES string of the molecule is Cc1cccc(C(NN)C2CCOC3(CCSCC3)C2)n1. The van der Waals surface area contributed by atoms with E-state index in [4.69, 9.17) is 10.6 Å². The Morgan fingerprint density at radius 2 is 2.24 bits per heavy atom. The summed E-state index contributed by atoms with van der Waals surface area (Å²) in [7, 11) is 0. The van der Waals surface area contributed by atoms with Gasteiger partial charge in [-0.1, -0.05) is 6.07 Å². The second-order valence-electron chi connectivity index (χ2n) is 6.24. The topological polar surface area (TPSA) is 60.2 Å². The van der Waals surface area contributed by atoms with Gasteiger partial charge in [0.2, 0.25) is 0 Å². The van der Waals surface area contributed by atoms with Crippen LogP contribution in [-0.4, -0.2) is 28.7 Å². The van der Waals surface area contributed by atoms with Crippen molar-refractivity contribution in [2.24, 2.45) is 11.8 Å². The normalized spacial score (nSPS) is 26.7. The summed E-state index contributed by atoms with van der Waals surface area (Å²) in [6, 6.07) is 6.30. The van der Waals surface area contributed by atoms with Crippen LogP contribution < -0.4 is 11.3 Å². The predicted octanol–water partition coefficient (Wildman–Crippen LogP) is 2.59. The maximum atomic E-state index is 6.19. The van der Waals surface area contributed by atoms with Gasteiger partial charge in [0.1, 0.15) is 0 Å². The molecule has 4 nitrogen and oxygen atoms in total. The van der Waals surface area contributed by atoms with Crippen molar-refractivity contribution in [1.29, 1.82) is 0 Å². The zero-order valence-electron chi connectivity index (χ0n) is 12.7. The fourth-order valence-corrected chi connectivity index (χ4v) is 4.88. The molecule has 0 aliphatic carbocycles. The maximum absolute atomic E-state index is 6.19. The van der Waals surface area contributed by atoms with E-state index in [1.807, 2.05) is 24.8 Å². The van der Waals surface area contributed by atoms with Crippen molar-refractivity contribution in [3.63, 3.8) is 0 Å². The number of aryl methyl sites for hydroxylation is 1. The van der Waals surface area contributed by atoms with Gasteiger partial charge in [-0.05, 0) is 62.2 Å². The Morgan fingerprint density at radius 3 is 2.95 bits per heavy atom. The molecule has 2 fully saturated rings. The lowest BCUT2D eigenvalue weighted by Crippen LogP contribution is -2.46. The second kappa shape index (κ2) is 6.65. The lowest BCUT2D eigenvalue weighted by Gasteiger charge is -2.45. The quantitative estimate of drug-likeness (QED) is 0.664. The summed E-state index contributed by atoms with van der Waals surface area (Å²) in [5.41, 5.74) is 5.21. The molecule has 3 N–H and O–H groups in total. The van der Waals surface area contributed by atoms with Crippen molar-refractivity contribution in [3.05, 3.63) is 29.6 Å². The van der Waals surface area contributed by atoms with Crippen LogP contribution in [0.2, 0.25) is 0 Å². The van der Waals surface area contributed by atoms with Crippen LogP contribution in [0.5, 0.6) is 0 Å². The molecule has 2 aliphatic heterocycles. The van der Waals surface area contributed by atoms with Gasteiger partial charge in [-0.3, -0.25) is 16.3 Å². The zero-order valence-corrected chi connectivity index (χ0v) is 13.5. The molecule has 0 amide bonds. The van der Waals surface area contributed by atoms with Gasteiger partial charge in [0.05, 0.1) is 17.3 Å². The number of ether oxygens (including phenoxy) is 1. The molecule has 3 heterocycles. The Hall–Kier alpha value is -0.620. The van der Waals surface area contributed by atoms with E-state index in [1.165, 1.54) is 24.3 Å². The van der Waals surface area contributed by atoms with Crippen LogP contribution in [0.25, 0.3) is 0 Å². The largest absolute Gasteiger partial charge is 0.375 e. The highest BCUT2D eigenvalue weighted by Gasteiger charge is 2.41. The third-order valence-corrected chi connectivity index (χ3v) is 5.80. The molecule has 0 aromatic carbocycles. The predicted molar refractivity (Wildman–Crippen MR) is 87.0 cm³/mol. The smallest absolute Gasteiger partial charge is 0.0701 e. The summed E-state index contributed by atoms with van der Waals surface area (Å²) in [5.74, 6) is 8.81. The number of pyridine rings is 1. The monoisotopic (exact) mass is 307 g/mol. The summed E-state index contributed by atoms with van der Waals surface area (Å²) >= 11 is 2.04. The molecule has 116 valence electrons. The first-order chi connectivity index (χ1) is 10.2. The molecule has 0 bridgehead atoms. The lowest BCUT2D eigenvalue weighted by molar-refractivity contribution is -0.107. The molecule has 21 heavy (non-hydrogen) atoms. The molecule has 1 spiro atoms. The molecule has 0 radical (unpaired) electrons. The van der Waals surface area contributed by atoms with Crippen LogP contribution in [0.1, 0.15) is 43.1 Å². The van der Waals surface area contributed by atoms with Gasteiger partial charge in [-0.15, -0.1) is 0 Å². The Kier molecular flexibility index (Phi) is 4.84. The van der Waals surface area contributed by atoms with Gasteiger partial charge in [0.15, 0.2) is 0 Å². The number of hydrazine groups is 1. The Bertz CT molecular complexity index is 471. The van der Waals surface area contributed by atoms with E-state index in [1.54, 1.807) is 0 Å². The summed E-state index contributed by atoms with van der Waals surface area (Å²) in [5, 5.41) is 0. The van der Waals surface area contributed by atoms with Gasteiger partial charge in [0.25, 0.3) is 0 Å². The number of hydrogen-bond donors (Lipinski definition) is 2. The van der Waals surface area contributed by atoms with Crippen LogP contribution in [0, 0.1) is 12.8 Å². The molecule has 1 aromatic heterocycles. The molecule has 2 atom stereocenters. The number of rotatable bonds is 3. The van der Waals surface area contributed by atoms with Crippen LogP contribution in [-0.2, 0) is 4.74 Å². The zero-order chi connectivity index (χ0) is 14.7. The number of nitrogens with one attached hydrogen (secondary N) is 1. The van der Waals surface area contributed by atoms with Gasteiger partial charge in [0, 0.05) is 12.3 Å². The number of aromatic nitrogens is 1. The summed E-state index contributed by atoms with van der Waals surface area (Å²) in [6.07, 6.45) is 4.50. The molecule has 5 heteroatoms. The van der Waals surface area contributed by atoms with Crippen LogP contribution in [0.15, 0.2) is 18.2 Å². The van der Waals surface area contributed by atoms with E-state index < -0.39 is 0 Å². The molecule has 3 rings (SSSR count). The van der Waals surface area contributed by atoms with Crippen molar-refractivity contribution in [1.82, 2.24) is 10.4 Å². The first kappa shape index (κ1) is 15.3. The third kappa shape index (κ3) is 3.42. The number of nitrogens with zero attached hydrogens (tertiary/aromatic N) is 1. The van der Waals surface area contributed by atoms with Crippen molar-refractivity contribution >= 4 is 11.8 Å². The van der Waals surface area contributed by atoms with E-state index in [-0.39, 0.29) is 11.6 Å². The standard InChI is InChI=1S/C16H25N3OS/c1-12-3-2-4-14(18-12)15(19-17)13-5-8-20-16(11-13)6-9-21-10-7-16/h2-4,13,15,19H,5-11,17H2,1H3. The van der Waals surface area contributed by atoms with Gasteiger partial charge < -0.3 is 4.74 Å². The summed E-state index contributed by atoms with van der Waals surface area (Å²) in [6.45, 7) is 2.88. The Morgan fingerprint density at radius 1 is 1.43 bits per heavy atom. The lowest BCUT2D eigenvalue weighted by atomic mass is 9.78. The van der Waals surface area contributed by atoms with Crippen LogP contribution in [0.4, 0.5) is 0 Å². The highest BCUT2D eigenvalue weighted by molar-refractivity contribution is 7.99. The third-order valence-electron chi connectivity index (χ3n) is 4.81. The molecular weight excluding hydrogens is 282 g/mol. The first-order valence-corrected chi connectivity index (χ1v) is 8.99. The minimum Gasteiger partial charge on any atom is -0.375 e. The van der Waals surface area contributed by atoms with Crippen molar-refractivity contribution in [2.75, 3.05) is 18.1 Å². The van der Waals surface area contributed by atoms with E-state index in [0.29, 0.717) is 5.92 Å². The van der Waals surface area contributed by atoms with E-state index in [9.17, 15) is 0 Å². The van der Waals surface area contributed by atoms with Crippen molar-refractivity contribution in [3.8, 4) is 0 Å². The van der Waals surface area contributed by atoms with Crippen LogP contribution >= 0.6 is 11.8 Å². The molecule has 2 saturated heterocycles. The van der Waals surface area contributed by atoms with Crippen LogP contribution in [0.3, 0.4) is 0 Å². The Labute approximate surface area is 131 Å². The van der Waals surface area contributed by atoms with Gasteiger partial charge in [-0.25, -0.2) is 0 Å². The average molecular weight is 307 g/mol.